The van der Waals surface area contributed by atoms with Crippen molar-refractivity contribution in [2.24, 2.45) is 0 Å². The zero-order valence-corrected chi connectivity index (χ0v) is 14.3. The van der Waals surface area contributed by atoms with E-state index in [4.69, 9.17) is 4.74 Å². The zero-order chi connectivity index (χ0) is 12.8. The summed E-state index contributed by atoms with van der Waals surface area (Å²) in [6, 6.07) is 3.54. The van der Waals surface area contributed by atoms with Gasteiger partial charge in [0.05, 0.1) is 14.2 Å². The molecule has 0 aliphatic carbocycles. The summed E-state index contributed by atoms with van der Waals surface area (Å²) < 4.78 is 46.5. The fourth-order valence-electron chi connectivity index (χ4n) is 1.04. The first-order valence-corrected chi connectivity index (χ1v) is 4.78. The van der Waals surface area contributed by atoms with E-state index in [1.165, 1.54) is 26.4 Å². The number of halogens is 3. The molecule has 0 aromatic heterocycles. The van der Waals surface area contributed by atoms with Crippen LogP contribution in [0.2, 0.25) is 0 Å². The van der Waals surface area contributed by atoms with Crippen LogP contribution in [-0.2, 0) is 6.18 Å². The fraction of sp³-hybridized carbons (Fsp3) is 0.455. The van der Waals surface area contributed by atoms with Crippen molar-refractivity contribution in [2.45, 2.75) is 20.0 Å². The molecule has 18 heavy (non-hydrogen) atoms. The average Bonchev–Trinajstić information content (AvgIpc) is 2.29. The standard InChI is InChI=1S/C9H9F3O2.C2H6.K.H2O/c1-13-6-3-4-8(14-2)7(5-6)9(10,11)12;1-2;;/h3-5H,1-2H3;1-2H3;;1H2/q;;+1;/p-1. The minimum absolute atomic E-state index is 0. The average molecular weight is 292 g/mol. The van der Waals surface area contributed by atoms with Gasteiger partial charge in [0.1, 0.15) is 17.1 Å². The smallest absolute Gasteiger partial charge is 0.870 e. The predicted molar refractivity (Wildman–Crippen MR) is 57.8 cm³/mol. The van der Waals surface area contributed by atoms with Crippen LogP contribution >= 0.6 is 0 Å². The Kier molecular flexibility index (Phi) is 14.3. The van der Waals surface area contributed by atoms with E-state index in [9.17, 15) is 13.2 Å². The summed E-state index contributed by atoms with van der Waals surface area (Å²) in [7, 11) is 2.50. The number of ether oxygens (including phenoxy) is 2. The fourth-order valence-corrected chi connectivity index (χ4v) is 1.04. The molecule has 0 radical (unpaired) electrons. The molecule has 0 heterocycles. The molecule has 1 N–H and O–H groups in total. The van der Waals surface area contributed by atoms with E-state index in [0.717, 1.165) is 6.07 Å². The van der Waals surface area contributed by atoms with E-state index in [-0.39, 0.29) is 68.4 Å². The van der Waals surface area contributed by atoms with Crippen molar-refractivity contribution in [3.8, 4) is 11.5 Å². The van der Waals surface area contributed by atoms with Crippen molar-refractivity contribution in [3.63, 3.8) is 0 Å². The third-order valence-electron chi connectivity index (χ3n) is 1.71. The summed E-state index contributed by atoms with van der Waals surface area (Å²) in [4.78, 5) is 0. The van der Waals surface area contributed by atoms with Gasteiger partial charge >= 0.3 is 57.6 Å². The van der Waals surface area contributed by atoms with Crippen LogP contribution in [0.3, 0.4) is 0 Å². The Hall–Kier alpha value is 0.206. The molecule has 1 rings (SSSR count). The van der Waals surface area contributed by atoms with Crippen LogP contribution < -0.4 is 60.9 Å². The monoisotopic (exact) mass is 292 g/mol. The molecule has 0 atom stereocenters. The molecule has 1 aromatic carbocycles. The summed E-state index contributed by atoms with van der Waals surface area (Å²) >= 11 is 0. The second-order valence-corrected chi connectivity index (χ2v) is 2.56. The summed E-state index contributed by atoms with van der Waals surface area (Å²) in [5.74, 6) is -0.0589. The summed E-state index contributed by atoms with van der Waals surface area (Å²) in [5, 5.41) is 0. The number of hydrogen-bond donors (Lipinski definition) is 0. The molecule has 0 amide bonds. The largest absolute Gasteiger partial charge is 1.00 e. The summed E-state index contributed by atoms with van der Waals surface area (Å²) in [6.07, 6.45) is -4.43. The van der Waals surface area contributed by atoms with Crippen LogP contribution in [-0.4, -0.2) is 19.7 Å². The Balaban J connectivity index is -0.000000534. The van der Waals surface area contributed by atoms with E-state index >= 15 is 0 Å². The van der Waals surface area contributed by atoms with Crippen LogP contribution in [0.25, 0.3) is 0 Å². The van der Waals surface area contributed by atoms with Gasteiger partial charge in [-0.1, -0.05) is 13.8 Å². The van der Waals surface area contributed by atoms with E-state index in [1.54, 1.807) is 0 Å². The second-order valence-electron chi connectivity index (χ2n) is 2.56. The molecule has 0 spiro atoms. The Bertz CT molecular complexity index is 330. The van der Waals surface area contributed by atoms with Crippen molar-refractivity contribution in [3.05, 3.63) is 23.8 Å². The molecule has 0 aliphatic heterocycles. The van der Waals surface area contributed by atoms with Gasteiger partial charge in [0.15, 0.2) is 0 Å². The number of methoxy groups -OCH3 is 2. The Labute approximate surface area is 147 Å². The van der Waals surface area contributed by atoms with E-state index in [0.29, 0.717) is 0 Å². The molecular formula is C11H16F3KO3. The first kappa shape index (κ1) is 23.3. The van der Waals surface area contributed by atoms with Crippen molar-refractivity contribution >= 4 is 0 Å². The van der Waals surface area contributed by atoms with Gasteiger partial charge in [-0.05, 0) is 18.2 Å². The third kappa shape index (κ3) is 6.96. The Morgan fingerprint density at radius 2 is 1.50 bits per heavy atom. The molecule has 0 bridgehead atoms. The first-order valence-electron chi connectivity index (χ1n) is 4.78. The quantitative estimate of drug-likeness (QED) is 0.749. The summed E-state index contributed by atoms with van der Waals surface area (Å²) in [6.45, 7) is 4.00. The predicted octanol–water partition coefficient (Wildman–Crippen LogP) is 0.576. The molecule has 0 saturated heterocycles. The molecule has 0 aliphatic rings. The molecule has 0 saturated carbocycles. The van der Waals surface area contributed by atoms with Crippen LogP contribution in [0.1, 0.15) is 19.4 Å². The van der Waals surface area contributed by atoms with Gasteiger partial charge in [0, 0.05) is 0 Å². The van der Waals surface area contributed by atoms with Gasteiger partial charge in [0.25, 0.3) is 0 Å². The number of rotatable bonds is 2. The topological polar surface area (TPSA) is 48.5 Å². The number of alkyl halides is 3. The Morgan fingerprint density at radius 3 is 1.83 bits per heavy atom. The zero-order valence-electron chi connectivity index (χ0n) is 11.1. The Morgan fingerprint density at radius 1 is 1.00 bits per heavy atom. The molecule has 1 aromatic rings. The minimum Gasteiger partial charge on any atom is -0.870 e. The number of hydrogen-bond acceptors (Lipinski definition) is 3. The molecule has 3 nitrogen and oxygen atoms in total. The second kappa shape index (κ2) is 11.1. The van der Waals surface area contributed by atoms with Gasteiger partial charge < -0.3 is 14.9 Å². The third-order valence-corrected chi connectivity index (χ3v) is 1.71. The van der Waals surface area contributed by atoms with Gasteiger partial charge in [-0.2, -0.15) is 13.2 Å². The van der Waals surface area contributed by atoms with E-state index in [1.807, 2.05) is 13.8 Å². The van der Waals surface area contributed by atoms with Crippen LogP contribution in [0.4, 0.5) is 13.2 Å². The first-order chi connectivity index (χ1) is 7.49. The van der Waals surface area contributed by atoms with Gasteiger partial charge in [-0.25, -0.2) is 0 Å². The maximum Gasteiger partial charge on any atom is 1.00 e. The van der Waals surface area contributed by atoms with E-state index in [2.05, 4.69) is 4.74 Å². The van der Waals surface area contributed by atoms with Gasteiger partial charge in [-0.15, -0.1) is 0 Å². The van der Waals surface area contributed by atoms with Crippen LogP contribution in [0, 0.1) is 0 Å². The van der Waals surface area contributed by atoms with Crippen molar-refractivity contribution < 1.29 is 79.5 Å². The normalized spacial score (nSPS) is 9.06. The summed E-state index contributed by atoms with van der Waals surface area (Å²) in [5.41, 5.74) is -0.834. The van der Waals surface area contributed by atoms with Crippen molar-refractivity contribution in [2.75, 3.05) is 14.2 Å². The van der Waals surface area contributed by atoms with E-state index < -0.39 is 11.7 Å². The van der Waals surface area contributed by atoms with Crippen LogP contribution in [0.5, 0.6) is 11.5 Å². The van der Waals surface area contributed by atoms with Gasteiger partial charge in [-0.3, -0.25) is 0 Å². The molecule has 0 unspecified atom stereocenters. The molecule has 100 valence electrons. The SMILES string of the molecule is CC.COc1ccc(OC)c(C(F)(F)F)c1.[K+].[OH-]. The maximum absolute atomic E-state index is 12.4. The minimum atomic E-state index is -4.43. The number of benzene rings is 1. The molecule has 7 heteroatoms. The van der Waals surface area contributed by atoms with Crippen molar-refractivity contribution in [1.82, 2.24) is 0 Å². The van der Waals surface area contributed by atoms with Gasteiger partial charge in [0.2, 0.25) is 0 Å². The van der Waals surface area contributed by atoms with Crippen molar-refractivity contribution in [1.29, 1.82) is 0 Å². The molecule has 0 fully saturated rings. The van der Waals surface area contributed by atoms with Crippen LogP contribution in [0.15, 0.2) is 18.2 Å². The maximum atomic E-state index is 12.4. The molecular weight excluding hydrogens is 276 g/mol.